The Bertz CT molecular complexity index is 399. The van der Waals surface area contributed by atoms with E-state index < -0.39 is 0 Å². The molecule has 0 aliphatic rings. The fourth-order valence-corrected chi connectivity index (χ4v) is 2.02. The van der Waals surface area contributed by atoms with Crippen molar-refractivity contribution in [3.05, 3.63) is 17.2 Å². The molecule has 0 bridgehead atoms. The molecule has 17 heavy (non-hydrogen) atoms. The first-order valence-corrected chi connectivity index (χ1v) is 6.56. The molecule has 5 heteroatoms. The molecule has 0 aliphatic heterocycles. The standard InChI is InChI=1S/C12H18N2O2S/c1-3-4-5-6-7-9(11(15)16-2)10-8-17-12(13)14-10/h7-8H,3-6H2,1-2H3,(H2,13,14)/b9-7-. The summed E-state index contributed by atoms with van der Waals surface area (Å²) in [5.41, 5.74) is 6.68. The zero-order valence-electron chi connectivity index (χ0n) is 10.2. The van der Waals surface area contributed by atoms with Gasteiger partial charge in [-0.15, -0.1) is 11.3 Å². The highest BCUT2D eigenvalue weighted by Crippen LogP contribution is 2.21. The number of allylic oxidation sites excluding steroid dienone is 1. The monoisotopic (exact) mass is 254 g/mol. The van der Waals surface area contributed by atoms with E-state index in [-0.39, 0.29) is 5.97 Å². The van der Waals surface area contributed by atoms with E-state index in [1.54, 1.807) is 5.38 Å². The number of methoxy groups -OCH3 is 1. The van der Waals surface area contributed by atoms with E-state index in [1.165, 1.54) is 18.4 Å². The minimum Gasteiger partial charge on any atom is -0.465 e. The van der Waals surface area contributed by atoms with Crippen LogP contribution in [0.25, 0.3) is 5.57 Å². The number of nitrogens with zero attached hydrogens (tertiary/aromatic N) is 1. The molecule has 0 amide bonds. The molecule has 0 atom stereocenters. The molecular weight excluding hydrogens is 236 g/mol. The van der Waals surface area contributed by atoms with Crippen molar-refractivity contribution in [1.29, 1.82) is 0 Å². The highest BCUT2D eigenvalue weighted by molar-refractivity contribution is 7.13. The number of nitrogen functional groups attached to an aromatic ring is 1. The molecular formula is C12H18N2O2S. The van der Waals surface area contributed by atoms with Gasteiger partial charge in [-0.3, -0.25) is 0 Å². The first-order valence-electron chi connectivity index (χ1n) is 5.68. The van der Waals surface area contributed by atoms with Crippen molar-refractivity contribution in [2.45, 2.75) is 32.6 Å². The number of aromatic nitrogens is 1. The minimum absolute atomic E-state index is 0.355. The van der Waals surface area contributed by atoms with E-state index in [0.29, 0.717) is 16.4 Å². The van der Waals surface area contributed by atoms with Crippen LogP contribution in [0.1, 0.15) is 38.3 Å². The van der Waals surface area contributed by atoms with Crippen LogP contribution in [0, 0.1) is 0 Å². The van der Waals surface area contributed by atoms with E-state index in [1.807, 2.05) is 6.08 Å². The van der Waals surface area contributed by atoms with Crippen LogP contribution in [-0.2, 0) is 9.53 Å². The third-order valence-electron chi connectivity index (χ3n) is 2.36. The van der Waals surface area contributed by atoms with Crippen molar-refractivity contribution in [1.82, 2.24) is 4.98 Å². The van der Waals surface area contributed by atoms with Gasteiger partial charge in [0.1, 0.15) is 0 Å². The molecule has 0 saturated carbocycles. The van der Waals surface area contributed by atoms with Crippen LogP contribution >= 0.6 is 11.3 Å². The lowest BCUT2D eigenvalue weighted by Gasteiger charge is -2.02. The summed E-state index contributed by atoms with van der Waals surface area (Å²) in [6.45, 7) is 2.14. The summed E-state index contributed by atoms with van der Waals surface area (Å²) in [6.07, 6.45) is 6.12. The molecule has 1 aromatic rings. The largest absolute Gasteiger partial charge is 0.465 e. The number of carbonyl (C=O) groups excluding carboxylic acids is 1. The highest BCUT2D eigenvalue weighted by Gasteiger charge is 2.14. The summed E-state index contributed by atoms with van der Waals surface area (Å²) < 4.78 is 4.75. The van der Waals surface area contributed by atoms with Crippen molar-refractivity contribution in [3.8, 4) is 0 Å². The maximum atomic E-state index is 11.6. The summed E-state index contributed by atoms with van der Waals surface area (Å²) in [7, 11) is 1.37. The van der Waals surface area contributed by atoms with E-state index >= 15 is 0 Å². The molecule has 0 aromatic carbocycles. The molecule has 1 heterocycles. The number of carbonyl (C=O) groups is 1. The lowest BCUT2D eigenvalue weighted by molar-refractivity contribution is -0.133. The van der Waals surface area contributed by atoms with Gasteiger partial charge in [-0.2, -0.15) is 0 Å². The molecule has 0 fully saturated rings. The molecule has 0 spiro atoms. The number of hydrogen-bond donors (Lipinski definition) is 1. The van der Waals surface area contributed by atoms with E-state index in [4.69, 9.17) is 10.5 Å². The SMILES string of the molecule is CCCCC/C=C(\C(=O)OC)c1csc(N)n1. The van der Waals surface area contributed by atoms with Gasteiger partial charge in [0.05, 0.1) is 18.4 Å². The predicted molar refractivity (Wildman–Crippen MR) is 70.7 cm³/mol. The van der Waals surface area contributed by atoms with Gasteiger partial charge in [-0.1, -0.05) is 25.8 Å². The van der Waals surface area contributed by atoms with Crippen molar-refractivity contribution >= 4 is 28.0 Å². The number of rotatable bonds is 6. The van der Waals surface area contributed by atoms with Crippen molar-refractivity contribution < 1.29 is 9.53 Å². The number of anilines is 1. The molecule has 0 saturated heterocycles. The van der Waals surface area contributed by atoms with Gasteiger partial charge in [-0.05, 0) is 12.8 Å². The Morgan fingerprint density at radius 1 is 1.59 bits per heavy atom. The quantitative estimate of drug-likeness (QED) is 0.481. The van der Waals surface area contributed by atoms with Gasteiger partial charge in [-0.25, -0.2) is 9.78 Å². The normalized spacial score (nSPS) is 11.5. The second-order valence-electron chi connectivity index (χ2n) is 3.68. The van der Waals surface area contributed by atoms with Gasteiger partial charge in [0.2, 0.25) is 0 Å². The van der Waals surface area contributed by atoms with Crippen LogP contribution in [0.4, 0.5) is 5.13 Å². The number of ether oxygens (including phenoxy) is 1. The molecule has 4 nitrogen and oxygen atoms in total. The zero-order valence-corrected chi connectivity index (χ0v) is 11.0. The third-order valence-corrected chi connectivity index (χ3v) is 3.03. The maximum absolute atomic E-state index is 11.6. The highest BCUT2D eigenvalue weighted by atomic mass is 32.1. The van der Waals surface area contributed by atoms with Crippen molar-refractivity contribution in [3.63, 3.8) is 0 Å². The van der Waals surface area contributed by atoms with Gasteiger partial charge in [0.25, 0.3) is 0 Å². The minimum atomic E-state index is -0.355. The average molecular weight is 254 g/mol. The summed E-state index contributed by atoms with van der Waals surface area (Å²) in [5.74, 6) is -0.355. The fourth-order valence-electron chi connectivity index (χ4n) is 1.45. The van der Waals surface area contributed by atoms with Crippen LogP contribution < -0.4 is 5.73 Å². The van der Waals surface area contributed by atoms with Crippen LogP contribution in [0.5, 0.6) is 0 Å². The summed E-state index contributed by atoms with van der Waals surface area (Å²) in [4.78, 5) is 15.7. The smallest absolute Gasteiger partial charge is 0.339 e. The summed E-state index contributed by atoms with van der Waals surface area (Å²) >= 11 is 1.32. The molecule has 2 N–H and O–H groups in total. The second-order valence-corrected chi connectivity index (χ2v) is 4.57. The third kappa shape index (κ3) is 4.19. The lowest BCUT2D eigenvalue weighted by atomic mass is 10.1. The Hall–Kier alpha value is -1.36. The molecule has 0 radical (unpaired) electrons. The van der Waals surface area contributed by atoms with Gasteiger partial charge in [0, 0.05) is 5.38 Å². The lowest BCUT2D eigenvalue weighted by Crippen LogP contribution is -2.04. The van der Waals surface area contributed by atoms with Gasteiger partial charge in [0.15, 0.2) is 5.13 Å². The Morgan fingerprint density at radius 3 is 2.88 bits per heavy atom. The fraction of sp³-hybridized carbons (Fsp3) is 0.500. The zero-order chi connectivity index (χ0) is 12.7. The van der Waals surface area contributed by atoms with E-state index in [2.05, 4.69) is 11.9 Å². The Kier molecular flexibility index (Phi) is 5.69. The summed E-state index contributed by atoms with van der Waals surface area (Å²) in [6, 6.07) is 0. The molecule has 0 aliphatic carbocycles. The number of hydrogen-bond acceptors (Lipinski definition) is 5. The molecule has 0 unspecified atom stereocenters. The van der Waals surface area contributed by atoms with Gasteiger partial charge < -0.3 is 10.5 Å². The molecule has 1 rings (SSSR count). The Labute approximate surface area is 106 Å². The number of unbranched alkanes of at least 4 members (excludes halogenated alkanes) is 3. The first kappa shape index (κ1) is 13.7. The Balaban J connectivity index is 2.77. The molecule has 1 aromatic heterocycles. The topological polar surface area (TPSA) is 65.2 Å². The van der Waals surface area contributed by atoms with Crippen LogP contribution in [0.15, 0.2) is 11.5 Å². The van der Waals surface area contributed by atoms with Crippen LogP contribution in [0.3, 0.4) is 0 Å². The first-order chi connectivity index (χ1) is 8.19. The predicted octanol–water partition coefficient (Wildman–Crippen LogP) is 2.86. The van der Waals surface area contributed by atoms with Gasteiger partial charge >= 0.3 is 5.97 Å². The Morgan fingerprint density at radius 2 is 2.35 bits per heavy atom. The maximum Gasteiger partial charge on any atom is 0.339 e. The number of nitrogens with two attached hydrogens (primary N) is 1. The van der Waals surface area contributed by atoms with Crippen LogP contribution in [0.2, 0.25) is 0 Å². The van der Waals surface area contributed by atoms with Crippen LogP contribution in [-0.4, -0.2) is 18.1 Å². The van der Waals surface area contributed by atoms with Crippen molar-refractivity contribution in [2.24, 2.45) is 0 Å². The van der Waals surface area contributed by atoms with E-state index in [9.17, 15) is 4.79 Å². The number of esters is 1. The average Bonchev–Trinajstić information content (AvgIpc) is 2.75. The summed E-state index contributed by atoms with van der Waals surface area (Å²) in [5, 5.41) is 2.24. The second kappa shape index (κ2) is 7.06. The molecule has 94 valence electrons. The number of thiazole rings is 1. The van der Waals surface area contributed by atoms with Crippen molar-refractivity contribution in [2.75, 3.05) is 12.8 Å². The van der Waals surface area contributed by atoms with E-state index in [0.717, 1.165) is 25.7 Å².